The Bertz CT molecular complexity index is 1130. The van der Waals surface area contributed by atoms with Crippen LogP contribution in [0.1, 0.15) is 36.3 Å². The topological polar surface area (TPSA) is 82.5 Å². The average Bonchev–Trinajstić information content (AvgIpc) is 2.68. The normalized spacial score (nSPS) is 18.8. The lowest BCUT2D eigenvalue weighted by Gasteiger charge is -2.34. The summed E-state index contributed by atoms with van der Waals surface area (Å²) in [5.41, 5.74) is 5.31. The fraction of sp³-hybridized carbons (Fsp3) is 0.182. The summed E-state index contributed by atoms with van der Waals surface area (Å²) >= 11 is 0. The molecule has 2 aromatic carbocycles. The number of Topliss-reactive ketones (excluding diaryl/α,β-unsaturated/α-hetero) is 1. The van der Waals surface area contributed by atoms with Crippen molar-refractivity contribution in [3.05, 3.63) is 71.1 Å². The predicted molar refractivity (Wildman–Crippen MR) is 103 cm³/mol. The van der Waals surface area contributed by atoms with Crippen LogP contribution < -0.4 is 5.32 Å². The molecular formula is C22H18N2O3. The molecule has 0 amide bonds. The van der Waals surface area contributed by atoms with Gasteiger partial charge in [0, 0.05) is 40.9 Å². The average molecular weight is 358 g/mol. The van der Waals surface area contributed by atoms with E-state index in [4.69, 9.17) is 0 Å². The smallest absolute Gasteiger partial charge is 0.161 e. The molecule has 1 atom stereocenters. The minimum Gasteiger partial charge on any atom is -0.504 e. The minimum absolute atomic E-state index is 0.132. The number of anilines is 1. The summed E-state index contributed by atoms with van der Waals surface area (Å²) in [5, 5.41) is 24.3. The second kappa shape index (κ2) is 5.84. The van der Waals surface area contributed by atoms with E-state index < -0.39 is 0 Å². The van der Waals surface area contributed by atoms with Crippen molar-refractivity contribution in [2.45, 2.75) is 25.2 Å². The zero-order valence-electron chi connectivity index (χ0n) is 14.6. The van der Waals surface area contributed by atoms with Crippen molar-refractivity contribution in [1.29, 1.82) is 0 Å². The van der Waals surface area contributed by atoms with Gasteiger partial charge >= 0.3 is 0 Å². The lowest BCUT2D eigenvalue weighted by Crippen LogP contribution is -2.27. The number of fused-ring (bicyclic) bond motifs is 3. The molecule has 0 radical (unpaired) electrons. The Hall–Kier alpha value is -3.34. The number of hydrogen-bond donors (Lipinski definition) is 3. The van der Waals surface area contributed by atoms with Crippen LogP contribution >= 0.6 is 0 Å². The third kappa shape index (κ3) is 2.39. The van der Waals surface area contributed by atoms with Crippen molar-refractivity contribution in [3.63, 3.8) is 0 Å². The number of hydrogen-bond acceptors (Lipinski definition) is 5. The fourth-order valence-electron chi connectivity index (χ4n) is 4.28. The molecule has 0 unspecified atom stereocenters. The Morgan fingerprint density at radius 3 is 2.78 bits per heavy atom. The molecule has 2 heterocycles. The maximum atomic E-state index is 12.9. The van der Waals surface area contributed by atoms with Crippen LogP contribution in [-0.2, 0) is 4.79 Å². The molecular weight excluding hydrogens is 340 g/mol. The number of carbonyl (C=O) groups is 1. The standard InChI is InChI=1S/C22H18N2O3/c25-17-9-6-12(11-19(17)27)20-21-13-3-2-10-23-14(13)7-8-16(21)24-15-4-1-5-18(26)22(15)20/h2-3,6-11,20,24-25,27H,1,4-5H2/t20-/m0/s1. The highest BCUT2D eigenvalue weighted by Gasteiger charge is 2.36. The molecule has 134 valence electrons. The van der Waals surface area contributed by atoms with Gasteiger partial charge in [0.1, 0.15) is 0 Å². The monoisotopic (exact) mass is 358 g/mol. The van der Waals surface area contributed by atoms with Gasteiger partial charge in [-0.15, -0.1) is 0 Å². The van der Waals surface area contributed by atoms with Crippen molar-refractivity contribution in [1.82, 2.24) is 4.98 Å². The van der Waals surface area contributed by atoms with Crippen LogP contribution in [0.15, 0.2) is 59.9 Å². The Balaban J connectivity index is 1.84. The number of phenols is 2. The van der Waals surface area contributed by atoms with E-state index in [1.165, 1.54) is 6.07 Å². The van der Waals surface area contributed by atoms with Gasteiger partial charge in [0.25, 0.3) is 0 Å². The molecule has 5 heteroatoms. The van der Waals surface area contributed by atoms with Crippen molar-refractivity contribution >= 4 is 22.4 Å². The van der Waals surface area contributed by atoms with Crippen molar-refractivity contribution in [2.24, 2.45) is 0 Å². The Labute approximate surface area is 156 Å². The molecule has 3 aromatic rings. The van der Waals surface area contributed by atoms with Gasteiger partial charge in [-0.1, -0.05) is 12.1 Å². The number of aromatic nitrogens is 1. The third-order valence-corrected chi connectivity index (χ3v) is 5.48. The summed E-state index contributed by atoms with van der Waals surface area (Å²) in [7, 11) is 0. The summed E-state index contributed by atoms with van der Waals surface area (Å²) in [4.78, 5) is 17.3. The van der Waals surface area contributed by atoms with E-state index in [0.717, 1.165) is 51.8 Å². The van der Waals surface area contributed by atoms with E-state index in [9.17, 15) is 15.0 Å². The predicted octanol–water partition coefficient (Wildman–Crippen LogP) is 4.21. The summed E-state index contributed by atoms with van der Waals surface area (Å²) in [6.07, 6.45) is 3.94. The highest BCUT2D eigenvalue weighted by molar-refractivity contribution is 6.03. The van der Waals surface area contributed by atoms with Crippen molar-refractivity contribution in [3.8, 4) is 11.5 Å². The molecule has 0 bridgehead atoms. The highest BCUT2D eigenvalue weighted by Crippen LogP contribution is 2.48. The Kier molecular flexibility index (Phi) is 3.44. The second-order valence-corrected chi connectivity index (χ2v) is 7.07. The molecule has 1 aliphatic carbocycles. The molecule has 5 rings (SSSR count). The maximum absolute atomic E-state index is 12.9. The quantitative estimate of drug-likeness (QED) is 0.568. The molecule has 0 spiro atoms. The summed E-state index contributed by atoms with van der Waals surface area (Å²) in [6.45, 7) is 0. The first-order valence-corrected chi connectivity index (χ1v) is 9.06. The van der Waals surface area contributed by atoms with Crippen LogP contribution in [0.25, 0.3) is 10.9 Å². The first kappa shape index (κ1) is 15.9. The number of benzene rings is 2. The summed E-state index contributed by atoms with van der Waals surface area (Å²) in [5.74, 6) is -0.524. The van der Waals surface area contributed by atoms with Crippen molar-refractivity contribution < 1.29 is 15.0 Å². The van der Waals surface area contributed by atoms with Crippen LogP contribution in [0.2, 0.25) is 0 Å². The number of nitrogens with zero attached hydrogens (tertiary/aromatic N) is 1. The number of rotatable bonds is 1. The van der Waals surface area contributed by atoms with Gasteiger partial charge in [-0.25, -0.2) is 0 Å². The number of phenolic OH excluding ortho intramolecular Hbond substituents is 2. The van der Waals surface area contributed by atoms with E-state index in [0.29, 0.717) is 6.42 Å². The molecule has 27 heavy (non-hydrogen) atoms. The number of pyridine rings is 1. The van der Waals surface area contributed by atoms with Crippen molar-refractivity contribution in [2.75, 3.05) is 5.32 Å². The zero-order chi connectivity index (χ0) is 18.5. The van der Waals surface area contributed by atoms with E-state index in [1.807, 2.05) is 24.3 Å². The van der Waals surface area contributed by atoms with Crippen LogP contribution in [0, 0.1) is 0 Å². The summed E-state index contributed by atoms with van der Waals surface area (Å²) < 4.78 is 0. The second-order valence-electron chi connectivity index (χ2n) is 7.07. The Morgan fingerprint density at radius 1 is 1.04 bits per heavy atom. The molecule has 0 saturated carbocycles. The van der Waals surface area contributed by atoms with Gasteiger partial charge in [-0.2, -0.15) is 0 Å². The first-order chi connectivity index (χ1) is 13.1. The van der Waals surface area contributed by atoms with Gasteiger partial charge in [0.15, 0.2) is 17.3 Å². The lowest BCUT2D eigenvalue weighted by atomic mass is 9.74. The SMILES string of the molecule is O=C1CCCC2=C1[C@@H](c1ccc(O)c(O)c1)c1c(ccc3ncccc13)N2. The van der Waals surface area contributed by atoms with Gasteiger partial charge in [-0.05, 0) is 54.3 Å². The molecule has 5 nitrogen and oxygen atoms in total. The number of ketones is 1. The van der Waals surface area contributed by atoms with Crippen LogP contribution in [0.5, 0.6) is 11.5 Å². The molecule has 2 aliphatic rings. The number of aromatic hydroxyl groups is 2. The molecule has 1 aliphatic heterocycles. The van der Waals surface area contributed by atoms with E-state index >= 15 is 0 Å². The first-order valence-electron chi connectivity index (χ1n) is 9.06. The third-order valence-electron chi connectivity index (χ3n) is 5.48. The van der Waals surface area contributed by atoms with Gasteiger partial charge < -0.3 is 15.5 Å². The largest absolute Gasteiger partial charge is 0.504 e. The fourth-order valence-corrected chi connectivity index (χ4v) is 4.28. The van der Waals surface area contributed by atoms with Gasteiger partial charge in [0.2, 0.25) is 0 Å². The molecule has 1 aromatic heterocycles. The van der Waals surface area contributed by atoms with Crippen LogP contribution in [0.3, 0.4) is 0 Å². The maximum Gasteiger partial charge on any atom is 0.161 e. The van der Waals surface area contributed by atoms with Crippen LogP contribution in [0.4, 0.5) is 5.69 Å². The van der Waals surface area contributed by atoms with Gasteiger partial charge in [0.05, 0.1) is 5.52 Å². The van der Waals surface area contributed by atoms with Gasteiger partial charge in [-0.3, -0.25) is 9.78 Å². The van der Waals surface area contributed by atoms with E-state index in [1.54, 1.807) is 18.3 Å². The number of allylic oxidation sites excluding steroid dienone is 2. The number of carbonyl (C=O) groups excluding carboxylic acids is 1. The zero-order valence-corrected chi connectivity index (χ0v) is 14.6. The Morgan fingerprint density at radius 2 is 1.93 bits per heavy atom. The highest BCUT2D eigenvalue weighted by atomic mass is 16.3. The molecule has 3 N–H and O–H groups in total. The molecule has 0 fully saturated rings. The van der Waals surface area contributed by atoms with E-state index in [2.05, 4.69) is 10.3 Å². The minimum atomic E-state index is -0.302. The number of nitrogens with one attached hydrogen (secondary N) is 1. The molecule has 0 saturated heterocycles. The lowest BCUT2D eigenvalue weighted by molar-refractivity contribution is -0.116. The van der Waals surface area contributed by atoms with Crippen LogP contribution in [-0.4, -0.2) is 21.0 Å². The summed E-state index contributed by atoms with van der Waals surface area (Å²) in [6, 6.07) is 12.7. The van der Waals surface area contributed by atoms with E-state index in [-0.39, 0.29) is 23.2 Å².